The van der Waals surface area contributed by atoms with Crippen molar-refractivity contribution in [3.8, 4) is 0 Å². The summed E-state index contributed by atoms with van der Waals surface area (Å²) in [4.78, 5) is 0. The summed E-state index contributed by atoms with van der Waals surface area (Å²) < 4.78 is 50.3. The van der Waals surface area contributed by atoms with E-state index in [0.29, 0.717) is 0 Å². The van der Waals surface area contributed by atoms with Crippen molar-refractivity contribution in [2.45, 2.75) is 11.3 Å². The number of halogens is 5. The number of methoxy groups -OCH3 is 1. The molecule has 0 bridgehead atoms. The molecule has 0 aromatic rings. The second-order valence-corrected chi connectivity index (χ2v) is 2.23. The first-order valence-corrected chi connectivity index (χ1v) is 2.62. The maximum absolute atomic E-state index is 12.1. The van der Waals surface area contributed by atoms with Gasteiger partial charge in [-0.1, -0.05) is 11.6 Å². The van der Waals surface area contributed by atoms with E-state index in [-0.39, 0.29) is 0 Å². The molecule has 6 heteroatoms. The Balaban J connectivity index is 4.10. The second-order valence-electron chi connectivity index (χ2n) is 1.64. The molecular weight excluding hydrogens is 175 g/mol. The van der Waals surface area contributed by atoms with Crippen LogP contribution < -0.4 is 0 Å². The number of hydrogen-bond donors (Lipinski definition) is 0. The van der Waals surface area contributed by atoms with Gasteiger partial charge in [0.15, 0.2) is 0 Å². The summed E-state index contributed by atoms with van der Waals surface area (Å²) in [5.74, 6) is 0. The Kier molecular flexibility index (Phi) is 2.91. The van der Waals surface area contributed by atoms with Crippen LogP contribution in [0, 0.1) is 0 Å². The van der Waals surface area contributed by atoms with Crippen LogP contribution in [0.2, 0.25) is 0 Å². The van der Waals surface area contributed by atoms with Gasteiger partial charge in [0.05, 0.1) is 0 Å². The van der Waals surface area contributed by atoms with E-state index in [1.807, 2.05) is 0 Å². The van der Waals surface area contributed by atoms with Gasteiger partial charge in [-0.2, -0.15) is 13.2 Å². The normalized spacial score (nSPS) is 18.6. The number of alkyl halides is 5. The highest BCUT2D eigenvalue weighted by molar-refractivity contribution is 6.23. The van der Waals surface area contributed by atoms with Crippen LogP contribution in [0.15, 0.2) is 0 Å². The standard InChI is InChI=1S/C4H5ClF4O/c1-10-2-3(5,6)4(7,8)9/h2H2,1H3. The number of hydrogen-bond acceptors (Lipinski definition) is 1. The molecule has 10 heavy (non-hydrogen) atoms. The molecule has 0 fully saturated rings. The van der Waals surface area contributed by atoms with Gasteiger partial charge in [0.25, 0.3) is 0 Å². The molecule has 0 aliphatic rings. The van der Waals surface area contributed by atoms with E-state index < -0.39 is 17.9 Å². The van der Waals surface area contributed by atoms with Gasteiger partial charge in [-0.05, 0) is 0 Å². The van der Waals surface area contributed by atoms with Crippen LogP contribution >= 0.6 is 11.6 Å². The third kappa shape index (κ3) is 2.30. The van der Waals surface area contributed by atoms with Crippen LogP contribution in [0.3, 0.4) is 0 Å². The molecule has 0 aliphatic carbocycles. The molecule has 0 saturated carbocycles. The molecule has 62 valence electrons. The van der Waals surface area contributed by atoms with Crippen molar-refractivity contribution < 1.29 is 22.3 Å². The second kappa shape index (κ2) is 2.92. The molecule has 0 spiro atoms. The van der Waals surface area contributed by atoms with E-state index >= 15 is 0 Å². The molecule has 0 aromatic carbocycles. The molecular formula is C4H5ClF4O. The lowest BCUT2D eigenvalue weighted by molar-refractivity contribution is -0.210. The van der Waals surface area contributed by atoms with Crippen LogP contribution in [0.4, 0.5) is 17.6 Å². The maximum atomic E-state index is 12.1. The van der Waals surface area contributed by atoms with Crippen molar-refractivity contribution in [3.05, 3.63) is 0 Å². The van der Waals surface area contributed by atoms with Crippen LogP contribution in [-0.2, 0) is 4.74 Å². The van der Waals surface area contributed by atoms with Gasteiger partial charge in [0.2, 0.25) is 0 Å². The summed E-state index contributed by atoms with van der Waals surface area (Å²) in [5, 5.41) is -3.76. The SMILES string of the molecule is COCC(F)(Cl)C(F)(F)F. The van der Waals surface area contributed by atoms with E-state index in [2.05, 4.69) is 16.3 Å². The Bertz CT molecular complexity index is 110. The topological polar surface area (TPSA) is 9.23 Å². The molecule has 0 amide bonds. The first-order chi connectivity index (χ1) is 4.31. The first kappa shape index (κ1) is 9.97. The molecule has 0 heterocycles. The van der Waals surface area contributed by atoms with Gasteiger partial charge in [-0.25, -0.2) is 4.39 Å². The van der Waals surface area contributed by atoms with E-state index in [9.17, 15) is 17.6 Å². The van der Waals surface area contributed by atoms with Crippen LogP contribution in [0.1, 0.15) is 0 Å². The molecule has 1 atom stereocenters. The smallest absolute Gasteiger partial charge is 0.380 e. The van der Waals surface area contributed by atoms with Gasteiger partial charge in [0, 0.05) is 7.11 Å². The molecule has 0 saturated heterocycles. The average Bonchev–Trinajstić information content (AvgIpc) is 1.61. The largest absolute Gasteiger partial charge is 0.439 e. The van der Waals surface area contributed by atoms with Gasteiger partial charge < -0.3 is 4.74 Å². The number of ether oxygens (including phenoxy) is 1. The van der Waals surface area contributed by atoms with Crippen molar-refractivity contribution in [2.75, 3.05) is 13.7 Å². The summed E-state index contributed by atoms with van der Waals surface area (Å²) in [6.07, 6.45) is -5.08. The quantitative estimate of drug-likeness (QED) is 0.467. The molecule has 0 rings (SSSR count). The lowest BCUT2D eigenvalue weighted by atomic mass is 10.4. The molecule has 0 radical (unpaired) electrons. The highest BCUT2D eigenvalue weighted by Gasteiger charge is 2.55. The van der Waals surface area contributed by atoms with E-state index in [1.165, 1.54) is 0 Å². The zero-order valence-electron chi connectivity index (χ0n) is 5.01. The fourth-order valence-electron chi connectivity index (χ4n) is 0.263. The minimum Gasteiger partial charge on any atom is -0.380 e. The van der Waals surface area contributed by atoms with E-state index in [0.717, 1.165) is 7.11 Å². The molecule has 1 nitrogen and oxygen atoms in total. The van der Waals surface area contributed by atoms with E-state index in [4.69, 9.17) is 0 Å². The Labute approximate surface area is 59.9 Å². The van der Waals surface area contributed by atoms with Gasteiger partial charge in [-0.3, -0.25) is 0 Å². The van der Waals surface area contributed by atoms with Gasteiger partial charge in [-0.15, -0.1) is 0 Å². The zero-order valence-corrected chi connectivity index (χ0v) is 5.76. The average molecular weight is 181 g/mol. The predicted octanol–water partition coefficient (Wildman–Crippen LogP) is 2.10. The van der Waals surface area contributed by atoms with Crippen molar-refractivity contribution >= 4 is 11.6 Å². The molecule has 0 aromatic heterocycles. The van der Waals surface area contributed by atoms with E-state index in [1.54, 1.807) is 0 Å². The Hall–Kier alpha value is -0.0300. The lowest BCUT2D eigenvalue weighted by Crippen LogP contribution is -2.39. The fraction of sp³-hybridized carbons (Fsp3) is 1.00. The van der Waals surface area contributed by atoms with Crippen LogP contribution in [0.5, 0.6) is 0 Å². The van der Waals surface area contributed by atoms with Gasteiger partial charge in [0.1, 0.15) is 6.61 Å². The summed E-state index contributed by atoms with van der Waals surface area (Å²) in [7, 11) is 0.933. The molecule has 1 unspecified atom stereocenters. The summed E-state index contributed by atoms with van der Waals surface area (Å²) in [6, 6.07) is 0. The van der Waals surface area contributed by atoms with Crippen molar-refractivity contribution in [2.24, 2.45) is 0 Å². The highest BCUT2D eigenvalue weighted by atomic mass is 35.5. The Morgan fingerprint density at radius 2 is 1.70 bits per heavy atom. The number of rotatable bonds is 2. The Morgan fingerprint density at radius 1 is 1.30 bits per heavy atom. The monoisotopic (exact) mass is 180 g/mol. The molecule has 0 N–H and O–H groups in total. The van der Waals surface area contributed by atoms with Crippen molar-refractivity contribution in [1.82, 2.24) is 0 Å². The Morgan fingerprint density at radius 3 is 1.80 bits per heavy atom. The van der Waals surface area contributed by atoms with Crippen LogP contribution in [0.25, 0.3) is 0 Å². The molecule has 0 aliphatic heterocycles. The minimum atomic E-state index is -5.08. The summed E-state index contributed by atoms with van der Waals surface area (Å²) in [6.45, 7) is -1.20. The summed E-state index contributed by atoms with van der Waals surface area (Å²) in [5.41, 5.74) is 0. The maximum Gasteiger partial charge on any atom is 0.439 e. The van der Waals surface area contributed by atoms with Gasteiger partial charge >= 0.3 is 11.3 Å². The minimum absolute atomic E-state index is 0.933. The predicted molar refractivity (Wildman–Crippen MR) is 27.6 cm³/mol. The van der Waals surface area contributed by atoms with Crippen molar-refractivity contribution in [3.63, 3.8) is 0 Å². The third-order valence-corrected chi connectivity index (χ3v) is 1.06. The lowest BCUT2D eigenvalue weighted by Gasteiger charge is -2.19. The fourth-order valence-corrected chi connectivity index (χ4v) is 0.372. The summed E-state index contributed by atoms with van der Waals surface area (Å²) >= 11 is 4.40. The highest BCUT2D eigenvalue weighted by Crippen LogP contribution is 2.37. The van der Waals surface area contributed by atoms with Crippen LogP contribution in [-0.4, -0.2) is 25.0 Å². The first-order valence-electron chi connectivity index (χ1n) is 2.25. The third-order valence-electron chi connectivity index (χ3n) is 0.740. The zero-order chi connectivity index (χ0) is 8.41. The van der Waals surface area contributed by atoms with Crippen molar-refractivity contribution in [1.29, 1.82) is 0 Å².